The van der Waals surface area contributed by atoms with Gasteiger partial charge >= 0.3 is 0 Å². The molecule has 0 aliphatic rings. The molecule has 2 nitrogen and oxygen atoms in total. The Morgan fingerprint density at radius 3 is 2.60 bits per heavy atom. The molecular weight excluding hydrogens is 188 g/mol. The molecule has 0 spiro atoms. The van der Waals surface area contributed by atoms with Crippen LogP contribution in [0.3, 0.4) is 0 Å². The Bertz CT molecular complexity index is 246. The summed E-state index contributed by atoms with van der Waals surface area (Å²) in [6, 6.07) is 9.70. The summed E-state index contributed by atoms with van der Waals surface area (Å²) in [5, 5.41) is 0. The van der Waals surface area contributed by atoms with Gasteiger partial charge in [-0.25, -0.2) is 0 Å². The van der Waals surface area contributed by atoms with E-state index in [0.717, 1.165) is 25.2 Å². The van der Waals surface area contributed by atoms with Crippen LogP contribution in [0.2, 0.25) is 0 Å². The SMILES string of the molecule is [CH2]CC(OCCCC)Oc1ccccc1. The largest absolute Gasteiger partial charge is 0.465 e. The van der Waals surface area contributed by atoms with E-state index in [-0.39, 0.29) is 6.29 Å². The molecule has 0 saturated carbocycles. The smallest absolute Gasteiger partial charge is 0.199 e. The molecule has 83 valence electrons. The third kappa shape index (κ3) is 4.84. The average Bonchev–Trinajstić information content (AvgIpc) is 2.29. The van der Waals surface area contributed by atoms with Crippen molar-refractivity contribution in [2.75, 3.05) is 6.61 Å². The minimum Gasteiger partial charge on any atom is -0.465 e. The fourth-order valence-electron chi connectivity index (χ4n) is 1.19. The zero-order valence-corrected chi connectivity index (χ0v) is 9.32. The zero-order valence-electron chi connectivity index (χ0n) is 9.32. The summed E-state index contributed by atoms with van der Waals surface area (Å²) in [5.41, 5.74) is 0. The highest BCUT2D eigenvalue weighted by molar-refractivity contribution is 5.20. The monoisotopic (exact) mass is 207 g/mol. The van der Waals surface area contributed by atoms with E-state index >= 15 is 0 Å². The molecule has 0 heterocycles. The molecule has 1 radical (unpaired) electrons. The summed E-state index contributed by atoms with van der Waals surface area (Å²) in [7, 11) is 0. The van der Waals surface area contributed by atoms with Gasteiger partial charge < -0.3 is 9.47 Å². The van der Waals surface area contributed by atoms with Gasteiger partial charge in [-0.3, -0.25) is 0 Å². The van der Waals surface area contributed by atoms with E-state index in [1.165, 1.54) is 0 Å². The maximum absolute atomic E-state index is 5.63. The van der Waals surface area contributed by atoms with Crippen molar-refractivity contribution in [3.8, 4) is 5.75 Å². The first-order chi connectivity index (χ1) is 7.36. The Hall–Kier alpha value is -1.02. The van der Waals surface area contributed by atoms with Crippen LogP contribution < -0.4 is 4.74 Å². The average molecular weight is 207 g/mol. The van der Waals surface area contributed by atoms with Crippen LogP contribution in [0, 0.1) is 6.92 Å². The topological polar surface area (TPSA) is 18.5 Å². The number of benzene rings is 1. The predicted molar refractivity (Wildman–Crippen MR) is 61.7 cm³/mol. The summed E-state index contributed by atoms with van der Waals surface area (Å²) in [5.74, 6) is 0.836. The fourth-order valence-corrected chi connectivity index (χ4v) is 1.19. The van der Waals surface area contributed by atoms with Crippen LogP contribution in [-0.2, 0) is 4.74 Å². The lowest BCUT2D eigenvalue weighted by molar-refractivity contribution is -0.0785. The van der Waals surface area contributed by atoms with E-state index in [9.17, 15) is 0 Å². The Balaban J connectivity index is 2.33. The minimum atomic E-state index is -0.223. The van der Waals surface area contributed by atoms with Gasteiger partial charge in [-0.15, -0.1) is 0 Å². The van der Waals surface area contributed by atoms with Gasteiger partial charge in [0.2, 0.25) is 0 Å². The molecule has 1 aromatic rings. The number of hydrogen-bond donors (Lipinski definition) is 0. The number of hydrogen-bond acceptors (Lipinski definition) is 2. The maximum atomic E-state index is 5.63. The van der Waals surface area contributed by atoms with Crippen LogP contribution in [0.15, 0.2) is 30.3 Å². The van der Waals surface area contributed by atoms with E-state index in [2.05, 4.69) is 13.8 Å². The lowest BCUT2D eigenvalue weighted by Gasteiger charge is -2.17. The van der Waals surface area contributed by atoms with Crippen molar-refractivity contribution in [3.05, 3.63) is 37.3 Å². The molecule has 0 saturated heterocycles. The molecule has 0 N–H and O–H groups in total. The lowest BCUT2D eigenvalue weighted by atomic mass is 10.3. The molecular formula is C13H19O2. The molecule has 0 fully saturated rings. The highest BCUT2D eigenvalue weighted by Gasteiger charge is 2.06. The zero-order chi connectivity index (χ0) is 10.9. The number of ether oxygens (including phenoxy) is 2. The highest BCUT2D eigenvalue weighted by Crippen LogP contribution is 2.13. The molecule has 0 aliphatic heterocycles. The lowest BCUT2D eigenvalue weighted by Crippen LogP contribution is -2.20. The molecule has 0 amide bonds. The van der Waals surface area contributed by atoms with Crippen molar-refractivity contribution in [1.82, 2.24) is 0 Å². The molecule has 1 unspecified atom stereocenters. The molecule has 1 atom stereocenters. The van der Waals surface area contributed by atoms with Gasteiger partial charge in [-0.05, 0) is 25.5 Å². The van der Waals surface area contributed by atoms with Crippen molar-refractivity contribution in [3.63, 3.8) is 0 Å². The Morgan fingerprint density at radius 2 is 2.00 bits per heavy atom. The number of unbranched alkanes of at least 4 members (excludes halogenated alkanes) is 1. The Labute approximate surface area is 92.2 Å². The molecule has 1 rings (SSSR count). The minimum absolute atomic E-state index is 0.223. The summed E-state index contributed by atoms with van der Waals surface area (Å²) < 4.78 is 11.2. The second-order valence-electron chi connectivity index (χ2n) is 3.37. The van der Waals surface area contributed by atoms with E-state index in [4.69, 9.17) is 9.47 Å². The van der Waals surface area contributed by atoms with Gasteiger partial charge in [0.1, 0.15) is 5.75 Å². The highest BCUT2D eigenvalue weighted by atomic mass is 16.7. The number of para-hydroxylation sites is 1. The van der Waals surface area contributed by atoms with Crippen LogP contribution in [0.4, 0.5) is 0 Å². The van der Waals surface area contributed by atoms with Crippen molar-refractivity contribution < 1.29 is 9.47 Å². The molecule has 0 aromatic heterocycles. The Morgan fingerprint density at radius 1 is 1.27 bits per heavy atom. The normalized spacial score (nSPS) is 12.4. The van der Waals surface area contributed by atoms with E-state index < -0.39 is 0 Å². The fraction of sp³-hybridized carbons (Fsp3) is 0.462. The molecule has 2 heteroatoms. The molecule has 15 heavy (non-hydrogen) atoms. The second-order valence-corrected chi connectivity index (χ2v) is 3.37. The third-order valence-corrected chi connectivity index (χ3v) is 2.05. The van der Waals surface area contributed by atoms with Crippen LogP contribution in [0.25, 0.3) is 0 Å². The van der Waals surface area contributed by atoms with Gasteiger partial charge in [-0.1, -0.05) is 31.5 Å². The van der Waals surface area contributed by atoms with Crippen molar-refractivity contribution in [1.29, 1.82) is 0 Å². The van der Waals surface area contributed by atoms with Gasteiger partial charge in [0.15, 0.2) is 6.29 Å². The summed E-state index contributed by atoms with van der Waals surface area (Å²) in [6.45, 7) is 6.69. The van der Waals surface area contributed by atoms with Crippen molar-refractivity contribution in [2.24, 2.45) is 0 Å². The van der Waals surface area contributed by atoms with Gasteiger partial charge in [0, 0.05) is 6.42 Å². The first-order valence-electron chi connectivity index (χ1n) is 5.49. The van der Waals surface area contributed by atoms with E-state index in [1.807, 2.05) is 30.3 Å². The summed E-state index contributed by atoms with van der Waals surface area (Å²) in [6.07, 6.45) is 2.60. The van der Waals surface area contributed by atoms with Gasteiger partial charge in [-0.2, -0.15) is 0 Å². The van der Waals surface area contributed by atoms with Crippen LogP contribution in [0.1, 0.15) is 26.2 Å². The standard InChI is InChI=1S/C13H19O2/c1-3-5-11-14-13(4-2)15-12-9-7-6-8-10-12/h6-10,13H,2-5,11H2,1H3. The molecule has 1 aromatic carbocycles. The molecule has 0 bridgehead atoms. The predicted octanol–water partition coefficient (Wildman–Crippen LogP) is 3.43. The second kappa shape index (κ2) is 7.30. The number of rotatable bonds is 7. The Kier molecular flexibility index (Phi) is 5.86. The quantitative estimate of drug-likeness (QED) is 0.503. The van der Waals surface area contributed by atoms with Gasteiger partial charge in [0.25, 0.3) is 0 Å². The van der Waals surface area contributed by atoms with Crippen LogP contribution >= 0.6 is 0 Å². The van der Waals surface area contributed by atoms with Crippen LogP contribution in [-0.4, -0.2) is 12.9 Å². The summed E-state index contributed by atoms with van der Waals surface area (Å²) >= 11 is 0. The van der Waals surface area contributed by atoms with E-state index in [1.54, 1.807) is 0 Å². The third-order valence-electron chi connectivity index (χ3n) is 2.05. The van der Waals surface area contributed by atoms with Crippen molar-refractivity contribution in [2.45, 2.75) is 32.5 Å². The molecule has 0 aliphatic carbocycles. The maximum Gasteiger partial charge on any atom is 0.199 e. The van der Waals surface area contributed by atoms with Gasteiger partial charge in [0.05, 0.1) is 6.61 Å². The van der Waals surface area contributed by atoms with Crippen LogP contribution in [0.5, 0.6) is 5.75 Å². The first-order valence-corrected chi connectivity index (χ1v) is 5.49. The first kappa shape index (κ1) is 12.1. The van der Waals surface area contributed by atoms with E-state index in [0.29, 0.717) is 6.42 Å². The summed E-state index contributed by atoms with van der Waals surface area (Å²) in [4.78, 5) is 0. The van der Waals surface area contributed by atoms with Crippen molar-refractivity contribution >= 4 is 0 Å².